The van der Waals surface area contributed by atoms with E-state index in [1.807, 2.05) is 18.2 Å². The third-order valence-electron chi connectivity index (χ3n) is 13.6. The summed E-state index contributed by atoms with van der Waals surface area (Å²) in [7, 11) is -4.71. The van der Waals surface area contributed by atoms with Crippen molar-refractivity contribution in [3.8, 4) is 17.2 Å². The van der Waals surface area contributed by atoms with Crippen molar-refractivity contribution >= 4 is 67.1 Å². The first-order valence-corrected chi connectivity index (χ1v) is 25.4. The number of nitro benzene ring substituents is 1. The minimum atomic E-state index is -4.71. The highest BCUT2D eigenvalue weighted by Gasteiger charge is 2.33. The number of pyridine rings is 1. The van der Waals surface area contributed by atoms with Gasteiger partial charge in [-0.25, -0.2) is 18.1 Å². The number of amides is 2. The highest BCUT2D eigenvalue weighted by Crippen LogP contribution is 2.44. The number of hydrogen-bond donors (Lipinski definition) is 4. The number of carbonyl (C=O) groups is 2. The fraction of sp³-hybridized carbons (Fsp3) is 0.420. The van der Waals surface area contributed by atoms with E-state index in [0.717, 1.165) is 61.1 Å². The molecule has 2 aromatic heterocycles. The first-order chi connectivity index (χ1) is 33.2. The third-order valence-corrected chi connectivity index (χ3v) is 15.2. The van der Waals surface area contributed by atoms with Gasteiger partial charge >= 0.3 is 0 Å². The van der Waals surface area contributed by atoms with Crippen LogP contribution >= 0.6 is 11.6 Å². The number of hydrogen-bond acceptors (Lipinski definition) is 13. The van der Waals surface area contributed by atoms with E-state index in [2.05, 4.69) is 61.1 Å². The summed E-state index contributed by atoms with van der Waals surface area (Å²) in [6.45, 7) is 10.1. The van der Waals surface area contributed by atoms with Gasteiger partial charge in [0.2, 0.25) is 5.91 Å². The number of nitro groups is 1. The Balaban J connectivity index is 0.915. The van der Waals surface area contributed by atoms with Gasteiger partial charge in [-0.1, -0.05) is 43.2 Å². The summed E-state index contributed by atoms with van der Waals surface area (Å²) in [4.78, 5) is 50.2. The van der Waals surface area contributed by atoms with Crippen LogP contribution in [0.25, 0.3) is 16.6 Å². The Kier molecular flexibility index (Phi) is 14.1. The van der Waals surface area contributed by atoms with Crippen LogP contribution in [0.3, 0.4) is 0 Å². The highest BCUT2D eigenvalue weighted by atomic mass is 35.5. The lowest BCUT2D eigenvalue weighted by molar-refractivity contribution is -0.384. The van der Waals surface area contributed by atoms with Crippen molar-refractivity contribution in [3.63, 3.8) is 0 Å². The Labute approximate surface area is 406 Å². The molecule has 0 radical (unpaired) electrons. The van der Waals surface area contributed by atoms with E-state index < -0.39 is 31.4 Å². The molecule has 3 aliphatic heterocycles. The van der Waals surface area contributed by atoms with Gasteiger partial charge in [-0.2, -0.15) is 0 Å². The quantitative estimate of drug-likeness (QED) is 0.0610. The second-order valence-electron chi connectivity index (χ2n) is 19.0. The molecule has 5 aromatic rings. The zero-order valence-electron chi connectivity index (χ0n) is 38.7. The molecule has 1 atom stereocenters. The normalized spacial score (nSPS) is 18.9. The van der Waals surface area contributed by atoms with Crippen LogP contribution in [-0.2, 0) is 19.6 Å². The summed E-state index contributed by atoms with van der Waals surface area (Å²) in [5, 5.41) is 20.1. The SMILES string of the molecule is CC1(C)CCC(CN2CCN(c3ccc(C(=O)NS(=O)(=O)c4cc5c(c([N+](=O)[O-])c4)N[C@@H](CCNC(=O)C4CCOCC4)CCO5)c(Oc4cnc5[nH]ccc5c4)c3)CC2)=C(c2ccc(Cl)cc2)C1. The van der Waals surface area contributed by atoms with Crippen molar-refractivity contribution in [2.24, 2.45) is 11.3 Å². The van der Waals surface area contributed by atoms with E-state index in [9.17, 15) is 28.1 Å². The fourth-order valence-electron chi connectivity index (χ4n) is 9.63. The van der Waals surface area contributed by atoms with Crippen molar-refractivity contribution in [3.05, 3.63) is 111 Å². The molecule has 0 saturated carbocycles. The van der Waals surface area contributed by atoms with Gasteiger partial charge in [0.15, 0.2) is 11.4 Å². The number of nitrogens with one attached hydrogen (secondary N) is 4. The Morgan fingerprint density at radius 2 is 1.78 bits per heavy atom. The Bertz CT molecular complexity index is 2870. The number of halogens is 1. The van der Waals surface area contributed by atoms with E-state index in [4.69, 9.17) is 25.8 Å². The van der Waals surface area contributed by atoms with E-state index in [-0.39, 0.29) is 52.6 Å². The van der Waals surface area contributed by atoms with E-state index in [1.54, 1.807) is 24.4 Å². The number of allylic oxidation sites excluding steroid dienone is 1. The first-order valence-electron chi connectivity index (χ1n) is 23.5. The minimum Gasteiger partial charge on any atom is -0.491 e. The summed E-state index contributed by atoms with van der Waals surface area (Å²) in [5.41, 5.74) is 5.11. The number of nitrogens with zero attached hydrogens (tertiary/aromatic N) is 4. The number of ether oxygens (including phenoxy) is 3. The van der Waals surface area contributed by atoms with Crippen LogP contribution in [0.1, 0.15) is 74.7 Å². The van der Waals surface area contributed by atoms with Gasteiger partial charge in [0.05, 0.1) is 28.2 Å². The molecule has 0 bridgehead atoms. The molecular weight excluding hydrogens is 924 g/mol. The molecule has 364 valence electrons. The molecular formula is C50H57ClN8O9S. The maximum atomic E-state index is 14.1. The van der Waals surface area contributed by atoms with Crippen molar-refractivity contribution in [2.75, 3.05) is 69.3 Å². The Hall–Kier alpha value is -6.21. The van der Waals surface area contributed by atoms with Gasteiger partial charge < -0.3 is 34.7 Å². The van der Waals surface area contributed by atoms with Crippen LogP contribution in [0, 0.1) is 21.4 Å². The smallest absolute Gasteiger partial charge is 0.297 e. The summed E-state index contributed by atoms with van der Waals surface area (Å²) >= 11 is 6.25. The average molecular weight is 982 g/mol. The average Bonchev–Trinajstić information content (AvgIpc) is 3.71. The fourth-order valence-corrected chi connectivity index (χ4v) is 10.8. The number of piperazine rings is 1. The van der Waals surface area contributed by atoms with Crippen LogP contribution < -0.4 is 29.7 Å². The second kappa shape index (κ2) is 20.4. The molecule has 3 aromatic carbocycles. The second-order valence-corrected chi connectivity index (χ2v) is 21.1. The predicted molar refractivity (Wildman–Crippen MR) is 264 cm³/mol. The number of aromatic nitrogens is 2. The molecule has 19 heteroatoms. The molecule has 4 N–H and O–H groups in total. The summed E-state index contributed by atoms with van der Waals surface area (Å²) < 4.78 is 47.8. The zero-order chi connectivity index (χ0) is 48.3. The van der Waals surface area contributed by atoms with Crippen molar-refractivity contribution in [1.82, 2.24) is 24.9 Å². The third kappa shape index (κ3) is 11.3. The number of rotatable bonds is 14. The topological polar surface area (TPSA) is 210 Å². The number of carbonyl (C=O) groups excluding carboxylic acids is 2. The molecule has 69 heavy (non-hydrogen) atoms. The lowest BCUT2D eigenvalue weighted by Gasteiger charge is -2.39. The monoisotopic (exact) mass is 980 g/mol. The van der Waals surface area contributed by atoms with Crippen LogP contribution in [-0.4, -0.2) is 105 Å². The summed E-state index contributed by atoms with van der Waals surface area (Å²) in [6, 6.07) is 18.5. The van der Waals surface area contributed by atoms with Gasteiger partial charge in [0, 0.05) is 111 Å². The Morgan fingerprint density at radius 3 is 2.55 bits per heavy atom. The maximum absolute atomic E-state index is 14.1. The lowest BCUT2D eigenvalue weighted by Crippen LogP contribution is -2.47. The van der Waals surface area contributed by atoms with Crippen molar-refractivity contribution in [1.29, 1.82) is 0 Å². The summed E-state index contributed by atoms with van der Waals surface area (Å²) in [5.74, 6) is -0.799. The number of sulfonamides is 1. The molecule has 9 rings (SSSR count). The molecule has 0 spiro atoms. The maximum Gasteiger partial charge on any atom is 0.297 e. The minimum absolute atomic E-state index is 0.0152. The first kappa shape index (κ1) is 47.8. The van der Waals surface area contributed by atoms with Crippen molar-refractivity contribution in [2.45, 2.75) is 69.7 Å². The molecule has 2 fully saturated rings. The lowest BCUT2D eigenvalue weighted by atomic mass is 9.72. The number of benzene rings is 3. The molecule has 2 saturated heterocycles. The molecule has 4 aliphatic rings. The van der Waals surface area contributed by atoms with Gasteiger partial charge in [0.1, 0.15) is 17.1 Å². The van der Waals surface area contributed by atoms with E-state index in [1.165, 1.54) is 35.0 Å². The largest absolute Gasteiger partial charge is 0.491 e. The standard InChI is InChI=1S/C50H57ClN8O9S/c1-50(2)15-9-35(42(29-50)32-3-5-36(51)6-4-32)31-57-18-20-58(21-19-57)38-7-8-41(44(26-38)68-39-25-34-10-16-52-47(34)54-30-39)49(61)56-69(64,65)40-27-43(59(62)63)46-45(28-40)67-24-14-37(55-46)11-17-53-48(60)33-12-22-66-23-13-33/h3-8,10,16,25-28,30,33,37,55H,9,11-15,17-24,29,31H2,1-2H3,(H,52,54)(H,53,60)(H,56,61)/t37-/m0/s1. The van der Waals surface area contributed by atoms with Crippen molar-refractivity contribution < 1.29 is 37.1 Å². The highest BCUT2D eigenvalue weighted by molar-refractivity contribution is 7.90. The number of H-pyrrole nitrogens is 1. The predicted octanol–water partition coefficient (Wildman–Crippen LogP) is 8.32. The van der Waals surface area contributed by atoms with Gasteiger partial charge in [-0.05, 0) is 91.5 Å². The molecule has 5 heterocycles. The van der Waals surface area contributed by atoms with E-state index >= 15 is 0 Å². The molecule has 1 aliphatic carbocycles. The number of anilines is 2. The zero-order valence-corrected chi connectivity index (χ0v) is 40.3. The number of aromatic amines is 1. The van der Waals surface area contributed by atoms with Gasteiger partial charge in [0.25, 0.3) is 21.6 Å². The van der Waals surface area contributed by atoms with Crippen LogP contribution in [0.5, 0.6) is 17.2 Å². The van der Waals surface area contributed by atoms with Crippen LogP contribution in [0.2, 0.25) is 5.02 Å². The molecule has 2 amide bonds. The van der Waals surface area contributed by atoms with Gasteiger partial charge in [-0.3, -0.25) is 24.6 Å². The summed E-state index contributed by atoms with van der Waals surface area (Å²) in [6.07, 6.45) is 8.61. The van der Waals surface area contributed by atoms with E-state index in [0.29, 0.717) is 69.9 Å². The number of fused-ring (bicyclic) bond motifs is 2. The molecule has 0 unspecified atom stereocenters. The van der Waals surface area contributed by atoms with Gasteiger partial charge in [-0.15, -0.1) is 0 Å². The van der Waals surface area contributed by atoms with Crippen LogP contribution in [0.4, 0.5) is 17.1 Å². The molecule has 17 nitrogen and oxygen atoms in total. The Morgan fingerprint density at radius 1 is 1.00 bits per heavy atom. The van der Waals surface area contributed by atoms with Crippen LogP contribution in [0.15, 0.2) is 89.6 Å².